The normalized spacial score (nSPS) is 11.4. The molecule has 3 aromatic heterocycles. The summed E-state index contributed by atoms with van der Waals surface area (Å²) in [6.07, 6.45) is 0. The van der Waals surface area contributed by atoms with E-state index in [0.29, 0.717) is 5.82 Å². The zero-order valence-corrected chi connectivity index (χ0v) is 25.5. The highest BCUT2D eigenvalue weighted by Gasteiger charge is 2.23. The lowest BCUT2D eigenvalue weighted by molar-refractivity contribution is 1.17. The van der Waals surface area contributed by atoms with E-state index in [0.717, 1.165) is 67.0 Å². The quantitative estimate of drug-likeness (QED) is 0.197. The Hall–Kier alpha value is -6.39. The van der Waals surface area contributed by atoms with Crippen molar-refractivity contribution in [3.63, 3.8) is 0 Å². The number of nitrogens with zero attached hydrogens (tertiary/aromatic N) is 4. The highest BCUT2D eigenvalue weighted by atomic mass is 15.0. The van der Waals surface area contributed by atoms with Gasteiger partial charge in [-0.3, -0.25) is 0 Å². The summed E-state index contributed by atoms with van der Waals surface area (Å²) in [6.45, 7) is 0. The maximum Gasteiger partial charge on any atom is 0.160 e. The molecule has 0 atom stereocenters. The van der Waals surface area contributed by atoms with Crippen LogP contribution in [-0.4, -0.2) is 19.5 Å². The second kappa shape index (κ2) is 11.2. The first-order valence-electron chi connectivity index (χ1n) is 15.8. The highest BCUT2D eigenvalue weighted by Crippen LogP contribution is 2.43. The summed E-state index contributed by atoms with van der Waals surface area (Å²) in [5.74, 6) is 0.687. The Labute approximate surface area is 272 Å². The second-order valence-electron chi connectivity index (χ2n) is 11.6. The van der Waals surface area contributed by atoms with E-state index in [4.69, 9.17) is 15.0 Å². The Morgan fingerprint density at radius 1 is 0.426 bits per heavy atom. The number of hydrogen-bond acceptors (Lipinski definition) is 3. The Bertz CT molecular complexity index is 2500. The van der Waals surface area contributed by atoms with Crippen LogP contribution in [0.5, 0.6) is 0 Å². The van der Waals surface area contributed by atoms with Gasteiger partial charge in [-0.25, -0.2) is 15.0 Å². The molecular formula is C43H28N4. The summed E-state index contributed by atoms with van der Waals surface area (Å²) in [7, 11) is 0. The van der Waals surface area contributed by atoms with Crippen LogP contribution in [0.3, 0.4) is 0 Å². The van der Waals surface area contributed by atoms with E-state index in [1.54, 1.807) is 0 Å². The average Bonchev–Trinajstić information content (AvgIpc) is 3.51. The van der Waals surface area contributed by atoms with Gasteiger partial charge in [0.05, 0.1) is 33.6 Å². The van der Waals surface area contributed by atoms with Crippen molar-refractivity contribution in [1.29, 1.82) is 0 Å². The molecule has 0 aliphatic carbocycles. The first-order chi connectivity index (χ1) is 23.3. The fraction of sp³-hybridized carbons (Fsp3) is 0. The highest BCUT2D eigenvalue weighted by molar-refractivity contribution is 6.23. The molecule has 9 rings (SSSR count). The van der Waals surface area contributed by atoms with Crippen molar-refractivity contribution in [2.45, 2.75) is 0 Å². The Morgan fingerprint density at radius 2 is 1.00 bits per heavy atom. The van der Waals surface area contributed by atoms with Gasteiger partial charge in [0.2, 0.25) is 0 Å². The van der Waals surface area contributed by atoms with Crippen LogP contribution in [0.2, 0.25) is 0 Å². The van der Waals surface area contributed by atoms with Crippen LogP contribution < -0.4 is 0 Å². The molecule has 4 heteroatoms. The van der Waals surface area contributed by atoms with E-state index in [2.05, 4.69) is 138 Å². The number of benzene rings is 6. The monoisotopic (exact) mass is 600 g/mol. The van der Waals surface area contributed by atoms with E-state index >= 15 is 0 Å². The molecule has 0 saturated carbocycles. The lowest BCUT2D eigenvalue weighted by Gasteiger charge is -2.16. The van der Waals surface area contributed by atoms with Crippen molar-refractivity contribution in [3.8, 4) is 50.8 Å². The van der Waals surface area contributed by atoms with Crippen LogP contribution in [0.15, 0.2) is 170 Å². The van der Waals surface area contributed by atoms with Crippen LogP contribution >= 0.6 is 0 Å². The third kappa shape index (κ3) is 4.58. The Kier molecular flexibility index (Phi) is 6.43. The van der Waals surface area contributed by atoms with E-state index in [1.807, 2.05) is 36.4 Å². The van der Waals surface area contributed by atoms with E-state index in [1.165, 1.54) is 10.8 Å². The van der Waals surface area contributed by atoms with Gasteiger partial charge in [-0.15, -0.1) is 0 Å². The smallest absolute Gasteiger partial charge is 0.160 e. The third-order valence-corrected chi connectivity index (χ3v) is 8.80. The van der Waals surface area contributed by atoms with Gasteiger partial charge in [0, 0.05) is 44.1 Å². The number of pyridine rings is 1. The lowest BCUT2D eigenvalue weighted by Crippen LogP contribution is -2.00. The van der Waals surface area contributed by atoms with Gasteiger partial charge >= 0.3 is 0 Å². The van der Waals surface area contributed by atoms with Crippen molar-refractivity contribution in [2.75, 3.05) is 0 Å². The first-order valence-corrected chi connectivity index (χ1v) is 15.8. The predicted molar refractivity (Wildman–Crippen MR) is 193 cm³/mol. The number of hydrogen-bond donors (Lipinski definition) is 0. The summed E-state index contributed by atoms with van der Waals surface area (Å²) in [5.41, 5.74) is 10.9. The molecule has 4 nitrogen and oxygen atoms in total. The van der Waals surface area contributed by atoms with E-state index < -0.39 is 0 Å². The van der Waals surface area contributed by atoms with Gasteiger partial charge in [0.25, 0.3) is 0 Å². The number of para-hydroxylation sites is 3. The number of fused-ring (bicyclic) bond motifs is 5. The molecule has 9 aromatic rings. The topological polar surface area (TPSA) is 43.6 Å². The van der Waals surface area contributed by atoms with Crippen molar-refractivity contribution in [2.24, 2.45) is 0 Å². The summed E-state index contributed by atoms with van der Waals surface area (Å²) >= 11 is 0. The summed E-state index contributed by atoms with van der Waals surface area (Å²) in [5, 5.41) is 3.52. The molecule has 0 unspecified atom stereocenters. The zero-order chi connectivity index (χ0) is 31.2. The number of aromatic nitrogens is 4. The molecular weight excluding hydrogens is 573 g/mol. The van der Waals surface area contributed by atoms with Crippen molar-refractivity contribution >= 4 is 32.7 Å². The fourth-order valence-corrected chi connectivity index (χ4v) is 6.70. The third-order valence-electron chi connectivity index (χ3n) is 8.80. The van der Waals surface area contributed by atoms with Gasteiger partial charge < -0.3 is 4.57 Å². The summed E-state index contributed by atoms with van der Waals surface area (Å²) < 4.78 is 2.36. The minimum Gasteiger partial charge on any atom is -0.307 e. The molecule has 0 N–H and O–H groups in total. The van der Waals surface area contributed by atoms with Crippen molar-refractivity contribution < 1.29 is 0 Å². The molecule has 3 heterocycles. The van der Waals surface area contributed by atoms with Gasteiger partial charge in [0.1, 0.15) is 0 Å². The maximum absolute atomic E-state index is 5.44. The first kappa shape index (κ1) is 27.0. The molecule has 0 radical (unpaired) electrons. The molecule has 0 aliphatic heterocycles. The molecule has 0 spiro atoms. The molecule has 0 aliphatic rings. The van der Waals surface area contributed by atoms with Gasteiger partial charge in [-0.2, -0.15) is 0 Å². The second-order valence-corrected chi connectivity index (χ2v) is 11.6. The van der Waals surface area contributed by atoms with Gasteiger partial charge in [-0.05, 0) is 30.3 Å². The van der Waals surface area contributed by atoms with E-state index in [-0.39, 0.29) is 0 Å². The van der Waals surface area contributed by atoms with Crippen molar-refractivity contribution in [1.82, 2.24) is 19.5 Å². The van der Waals surface area contributed by atoms with Crippen LogP contribution in [-0.2, 0) is 0 Å². The molecule has 47 heavy (non-hydrogen) atoms. The molecule has 0 bridgehead atoms. The fourth-order valence-electron chi connectivity index (χ4n) is 6.70. The Balaban J connectivity index is 1.39. The van der Waals surface area contributed by atoms with Crippen LogP contribution in [0.25, 0.3) is 83.6 Å². The van der Waals surface area contributed by atoms with Crippen LogP contribution in [0.4, 0.5) is 0 Å². The molecule has 0 saturated heterocycles. The lowest BCUT2D eigenvalue weighted by atomic mass is 9.97. The van der Waals surface area contributed by atoms with Crippen molar-refractivity contribution in [3.05, 3.63) is 170 Å². The van der Waals surface area contributed by atoms with Crippen LogP contribution in [0, 0.1) is 0 Å². The summed E-state index contributed by atoms with van der Waals surface area (Å²) in [4.78, 5) is 15.7. The summed E-state index contributed by atoms with van der Waals surface area (Å²) in [6, 6.07) is 58.8. The van der Waals surface area contributed by atoms with E-state index in [9.17, 15) is 0 Å². The largest absolute Gasteiger partial charge is 0.307 e. The predicted octanol–water partition coefficient (Wildman–Crippen LogP) is 10.8. The molecule has 0 fully saturated rings. The maximum atomic E-state index is 5.44. The minimum absolute atomic E-state index is 0.687. The Morgan fingerprint density at radius 3 is 1.77 bits per heavy atom. The molecule has 6 aromatic carbocycles. The minimum atomic E-state index is 0.687. The molecule has 0 amide bonds. The van der Waals surface area contributed by atoms with Gasteiger partial charge in [0.15, 0.2) is 5.82 Å². The van der Waals surface area contributed by atoms with Gasteiger partial charge in [-0.1, -0.05) is 140 Å². The standard InChI is InChI=1S/C43H28N4/c1-4-16-29(17-5-1)37-28-38(46-43(45-37)30-18-6-2-7-19-30)32-22-10-11-23-33(32)41-42-40(34-24-12-14-26-36(34)44-41)35-25-13-15-27-39(35)47(42)31-20-8-3-9-21-31/h1-28H. The average molecular weight is 601 g/mol. The van der Waals surface area contributed by atoms with Crippen LogP contribution in [0.1, 0.15) is 0 Å². The zero-order valence-electron chi connectivity index (χ0n) is 25.5. The molecule has 220 valence electrons. The number of rotatable bonds is 5. The SMILES string of the molecule is c1ccc(-c2cc(-c3ccccc3-c3nc4ccccc4c4c5ccccc5n(-c5ccccc5)c34)nc(-c3ccccc3)n2)cc1.